The number of rotatable bonds is 5. The lowest BCUT2D eigenvalue weighted by Crippen LogP contribution is -2.61. The average Bonchev–Trinajstić information content (AvgIpc) is 3.39. The highest BCUT2D eigenvalue weighted by Gasteiger charge is 2.45. The minimum atomic E-state index is -0.375. The van der Waals surface area contributed by atoms with E-state index in [9.17, 15) is 9.59 Å². The van der Waals surface area contributed by atoms with Crippen LogP contribution in [0, 0.1) is 24.2 Å². The zero-order valence-electron chi connectivity index (χ0n) is 14.7. The van der Waals surface area contributed by atoms with Gasteiger partial charge < -0.3 is 9.80 Å². The van der Waals surface area contributed by atoms with Crippen LogP contribution in [0.4, 0.5) is 0 Å². The molecule has 6 nitrogen and oxygen atoms in total. The van der Waals surface area contributed by atoms with E-state index in [-0.39, 0.29) is 11.6 Å². The Kier molecular flexibility index (Phi) is 4.26. The molecule has 0 saturated carbocycles. The molecular formula is C19H26N4O2. The van der Waals surface area contributed by atoms with Crippen molar-refractivity contribution in [3.05, 3.63) is 0 Å². The summed E-state index contributed by atoms with van der Waals surface area (Å²) >= 11 is 0. The normalized spacial score (nSPS) is 32.1. The van der Waals surface area contributed by atoms with Gasteiger partial charge in [0.15, 0.2) is 5.66 Å². The number of nitrogens with zero attached hydrogens (tertiary/aromatic N) is 4. The molecule has 0 aromatic heterocycles. The van der Waals surface area contributed by atoms with Gasteiger partial charge in [0.2, 0.25) is 11.8 Å². The van der Waals surface area contributed by atoms with E-state index in [1.165, 1.54) is 0 Å². The van der Waals surface area contributed by atoms with Gasteiger partial charge in [-0.15, -0.1) is 12.3 Å². The van der Waals surface area contributed by atoms with E-state index in [1.807, 2.05) is 4.90 Å². The molecule has 6 heteroatoms. The van der Waals surface area contributed by atoms with Crippen molar-refractivity contribution < 1.29 is 9.59 Å². The van der Waals surface area contributed by atoms with Gasteiger partial charge >= 0.3 is 0 Å². The minimum Gasteiger partial charge on any atom is -0.342 e. The Labute approximate surface area is 149 Å². The average molecular weight is 342 g/mol. The van der Waals surface area contributed by atoms with E-state index >= 15 is 0 Å². The third kappa shape index (κ3) is 3.29. The smallest absolute Gasteiger partial charge is 0.222 e. The molecule has 25 heavy (non-hydrogen) atoms. The zero-order chi connectivity index (χ0) is 17.4. The van der Waals surface area contributed by atoms with E-state index in [4.69, 9.17) is 6.42 Å². The van der Waals surface area contributed by atoms with Crippen molar-refractivity contribution in [1.82, 2.24) is 9.80 Å². The molecule has 4 aliphatic heterocycles. The summed E-state index contributed by atoms with van der Waals surface area (Å²) in [6, 6.07) is 0.350. The van der Waals surface area contributed by atoms with Crippen molar-refractivity contribution in [2.45, 2.75) is 63.1 Å². The van der Waals surface area contributed by atoms with E-state index in [0.29, 0.717) is 49.5 Å². The maximum Gasteiger partial charge on any atom is 0.222 e. The summed E-state index contributed by atoms with van der Waals surface area (Å²) in [7, 11) is 0. The Morgan fingerprint density at radius 2 is 2.12 bits per heavy atom. The molecule has 4 aliphatic rings. The fraction of sp³-hybridized carbons (Fsp3) is 0.789. The first-order valence-electron chi connectivity index (χ1n) is 9.55. The van der Waals surface area contributed by atoms with Gasteiger partial charge in [0.05, 0.1) is 0 Å². The molecule has 0 unspecified atom stereocenters. The van der Waals surface area contributed by atoms with Crippen molar-refractivity contribution >= 4 is 11.8 Å². The van der Waals surface area contributed by atoms with Crippen LogP contribution in [0.5, 0.6) is 0 Å². The van der Waals surface area contributed by atoms with Crippen LogP contribution in [-0.2, 0) is 9.59 Å². The Hall–Kier alpha value is -1.90. The molecule has 0 spiro atoms. The molecule has 0 radical (unpaired) electrons. The van der Waals surface area contributed by atoms with Crippen molar-refractivity contribution in [3.63, 3.8) is 0 Å². The van der Waals surface area contributed by atoms with Gasteiger partial charge in [0.1, 0.15) is 0 Å². The predicted octanol–water partition coefficient (Wildman–Crippen LogP) is 2.20. The summed E-state index contributed by atoms with van der Waals surface area (Å²) in [5.41, 5.74) is -0.375. The summed E-state index contributed by atoms with van der Waals surface area (Å²) in [5.74, 6) is 4.04. The van der Waals surface area contributed by atoms with Crippen molar-refractivity contribution in [2.24, 2.45) is 22.1 Å². The molecule has 0 aromatic rings. The monoisotopic (exact) mass is 342 g/mol. The quantitative estimate of drug-likeness (QED) is 0.719. The van der Waals surface area contributed by atoms with Gasteiger partial charge in [-0.1, -0.05) is 0 Å². The molecule has 0 N–H and O–H groups in total. The van der Waals surface area contributed by atoms with Crippen molar-refractivity contribution in [1.29, 1.82) is 0 Å². The maximum atomic E-state index is 12.7. The first-order valence-corrected chi connectivity index (χ1v) is 9.55. The third-order valence-corrected chi connectivity index (χ3v) is 6.32. The van der Waals surface area contributed by atoms with Crippen LogP contribution in [0.2, 0.25) is 0 Å². The number of likely N-dealkylation sites (tertiary alicyclic amines) is 1. The fourth-order valence-electron chi connectivity index (χ4n) is 4.95. The van der Waals surface area contributed by atoms with Gasteiger partial charge in [-0.2, -0.15) is 10.2 Å². The number of fused-ring (bicyclic) bond motifs is 4. The lowest BCUT2D eigenvalue weighted by molar-refractivity contribution is -0.148. The molecule has 134 valence electrons. The Balaban J connectivity index is 1.33. The number of amides is 2. The second-order valence-corrected chi connectivity index (χ2v) is 8.05. The van der Waals surface area contributed by atoms with Crippen LogP contribution >= 0.6 is 0 Å². The molecule has 2 amide bonds. The van der Waals surface area contributed by atoms with Gasteiger partial charge in [-0.3, -0.25) is 9.59 Å². The molecule has 3 atom stereocenters. The first-order chi connectivity index (χ1) is 12.1. The largest absolute Gasteiger partial charge is 0.342 e. The number of hydrogen-bond acceptors (Lipinski definition) is 4. The van der Waals surface area contributed by atoms with Crippen LogP contribution in [0.1, 0.15) is 51.4 Å². The fourth-order valence-corrected chi connectivity index (χ4v) is 4.95. The van der Waals surface area contributed by atoms with Crippen molar-refractivity contribution in [2.75, 3.05) is 19.6 Å². The molecule has 3 fully saturated rings. The predicted molar refractivity (Wildman–Crippen MR) is 92.4 cm³/mol. The third-order valence-electron chi connectivity index (χ3n) is 6.32. The summed E-state index contributed by atoms with van der Waals surface area (Å²) in [4.78, 5) is 29.1. The standard InChI is InChI=1S/C19H26N4O2/c1-2-3-8-19(20-21-19)9-7-17(24)22-11-14-10-15(13-22)16-5-4-6-18(25)23(16)12-14/h1,14-16H,3-13H2/t14-,15+,16-/m0/s1. The summed E-state index contributed by atoms with van der Waals surface area (Å²) in [6.07, 6.45) is 11.8. The van der Waals surface area contributed by atoms with Gasteiger partial charge in [0, 0.05) is 57.8 Å². The van der Waals surface area contributed by atoms with E-state index in [0.717, 1.165) is 45.3 Å². The molecule has 0 aliphatic carbocycles. The van der Waals surface area contributed by atoms with E-state index < -0.39 is 0 Å². The van der Waals surface area contributed by atoms with Gasteiger partial charge in [-0.05, 0) is 31.1 Å². The van der Waals surface area contributed by atoms with Gasteiger partial charge in [-0.25, -0.2) is 0 Å². The molecule has 4 rings (SSSR count). The second kappa shape index (κ2) is 6.44. The molecule has 3 saturated heterocycles. The Morgan fingerprint density at radius 3 is 2.88 bits per heavy atom. The lowest BCUT2D eigenvalue weighted by atomic mass is 9.76. The number of piperidine rings is 3. The van der Waals surface area contributed by atoms with Crippen LogP contribution in [0.3, 0.4) is 0 Å². The van der Waals surface area contributed by atoms with E-state index in [2.05, 4.69) is 21.0 Å². The van der Waals surface area contributed by atoms with Crippen LogP contribution < -0.4 is 0 Å². The summed E-state index contributed by atoms with van der Waals surface area (Å²) in [5, 5.41) is 8.25. The van der Waals surface area contributed by atoms with Crippen LogP contribution in [0.25, 0.3) is 0 Å². The van der Waals surface area contributed by atoms with Crippen LogP contribution in [0.15, 0.2) is 10.2 Å². The SMILES string of the molecule is C#CCCC1(CCC(=O)N2C[C@@H]3C[C@H](C2)[C@@H]2CCCC(=O)N2C3)N=N1. The first kappa shape index (κ1) is 16.6. The number of carbonyl (C=O) groups excluding carboxylic acids is 2. The number of terminal acetylenes is 1. The second-order valence-electron chi connectivity index (χ2n) is 8.05. The zero-order valence-corrected chi connectivity index (χ0v) is 14.7. The van der Waals surface area contributed by atoms with Gasteiger partial charge in [0.25, 0.3) is 0 Å². The lowest BCUT2D eigenvalue weighted by Gasteiger charge is -2.52. The van der Waals surface area contributed by atoms with Crippen molar-refractivity contribution in [3.8, 4) is 12.3 Å². The summed E-state index contributed by atoms with van der Waals surface area (Å²) < 4.78 is 0. The Morgan fingerprint density at radius 1 is 1.28 bits per heavy atom. The van der Waals surface area contributed by atoms with E-state index in [1.54, 1.807) is 0 Å². The number of hydrogen-bond donors (Lipinski definition) is 0. The summed E-state index contributed by atoms with van der Waals surface area (Å²) in [6.45, 7) is 2.42. The number of carbonyl (C=O) groups is 2. The molecule has 0 aromatic carbocycles. The highest BCUT2D eigenvalue weighted by molar-refractivity contribution is 5.78. The molecule has 4 heterocycles. The highest BCUT2D eigenvalue weighted by atomic mass is 16.2. The highest BCUT2D eigenvalue weighted by Crippen LogP contribution is 2.40. The topological polar surface area (TPSA) is 65.3 Å². The Bertz CT molecular complexity index is 632. The molecular weight excluding hydrogens is 316 g/mol. The maximum absolute atomic E-state index is 12.7. The minimum absolute atomic E-state index is 0.211. The molecule has 2 bridgehead atoms. The van der Waals surface area contributed by atoms with Crippen LogP contribution in [-0.4, -0.2) is 53.0 Å².